The van der Waals surface area contributed by atoms with Crippen molar-refractivity contribution in [3.05, 3.63) is 64.9 Å². The first-order chi connectivity index (χ1) is 14.0. The van der Waals surface area contributed by atoms with Crippen molar-refractivity contribution in [3.8, 4) is 5.75 Å². The number of carbonyl (C=O) groups is 2. The lowest BCUT2D eigenvalue weighted by Gasteiger charge is -2.34. The van der Waals surface area contributed by atoms with E-state index in [1.54, 1.807) is 4.90 Å². The molecule has 3 rings (SSSR count). The molecule has 1 heterocycles. The molecule has 1 aliphatic heterocycles. The number of halogens is 2. The molecule has 0 unspecified atom stereocenters. The van der Waals surface area contributed by atoms with Gasteiger partial charge in [0.25, 0.3) is 5.91 Å². The fourth-order valence-electron chi connectivity index (χ4n) is 3.25. The third kappa shape index (κ3) is 6.19. The van der Waals surface area contributed by atoms with Gasteiger partial charge in [-0.3, -0.25) is 9.59 Å². The second-order valence-electron chi connectivity index (χ2n) is 6.97. The zero-order chi connectivity index (χ0) is 20.6. The maximum Gasteiger partial charge on any atom is 0.260 e. The van der Waals surface area contributed by atoms with E-state index in [-0.39, 0.29) is 23.4 Å². The highest BCUT2D eigenvalue weighted by Crippen LogP contribution is 2.21. The van der Waals surface area contributed by atoms with Crippen LogP contribution in [0.25, 0.3) is 0 Å². The quantitative estimate of drug-likeness (QED) is 0.691. The van der Waals surface area contributed by atoms with Crippen molar-refractivity contribution in [3.63, 3.8) is 0 Å². The Hall–Kier alpha value is -2.60. The van der Waals surface area contributed by atoms with Crippen LogP contribution in [-0.4, -0.2) is 54.4 Å². The van der Waals surface area contributed by atoms with E-state index in [0.717, 1.165) is 12.8 Å². The highest BCUT2D eigenvalue weighted by molar-refractivity contribution is 6.30. The lowest BCUT2D eigenvalue weighted by molar-refractivity contribution is -0.140. The van der Waals surface area contributed by atoms with Crippen LogP contribution in [0.15, 0.2) is 48.5 Å². The summed E-state index contributed by atoms with van der Waals surface area (Å²) in [5, 5.41) is -0.0469. The third-order valence-corrected chi connectivity index (χ3v) is 5.23. The van der Waals surface area contributed by atoms with Gasteiger partial charge in [0.15, 0.2) is 6.61 Å². The number of hydrogen-bond donors (Lipinski definition) is 0. The molecule has 2 aromatic rings. The summed E-state index contributed by atoms with van der Waals surface area (Å²) in [6.45, 7) is 1.87. The maximum absolute atomic E-state index is 13.2. The molecule has 0 radical (unpaired) electrons. The van der Waals surface area contributed by atoms with Crippen molar-refractivity contribution in [1.82, 2.24) is 9.80 Å². The molecular formula is C22H24ClFN2O3. The zero-order valence-electron chi connectivity index (χ0n) is 16.2. The Labute approximate surface area is 175 Å². The summed E-state index contributed by atoms with van der Waals surface area (Å²) in [6.07, 6.45) is 2.21. The summed E-state index contributed by atoms with van der Waals surface area (Å²) < 4.78 is 18.6. The van der Waals surface area contributed by atoms with Gasteiger partial charge in [0.1, 0.15) is 11.6 Å². The molecule has 0 aromatic heterocycles. The van der Waals surface area contributed by atoms with E-state index in [4.69, 9.17) is 16.3 Å². The topological polar surface area (TPSA) is 49.9 Å². The van der Waals surface area contributed by atoms with Gasteiger partial charge in [-0.2, -0.15) is 0 Å². The molecule has 2 amide bonds. The van der Waals surface area contributed by atoms with E-state index >= 15 is 0 Å². The van der Waals surface area contributed by atoms with Gasteiger partial charge in [-0.05, 0) is 30.5 Å². The van der Waals surface area contributed by atoms with Gasteiger partial charge in [-0.15, -0.1) is 0 Å². The van der Waals surface area contributed by atoms with Crippen LogP contribution in [0, 0.1) is 5.82 Å². The minimum Gasteiger partial charge on any atom is -0.484 e. The fraction of sp³-hybridized carbons (Fsp3) is 0.364. The Morgan fingerprint density at radius 1 is 0.966 bits per heavy atom. The second-order valence-corrected chi connectivity index (χ2v) is 7.37. The lowest BCUT2D eigenvalue weighted by atomic mass is 10.1. The summed E-state index contributed by atoms with van der Waals surface area (Å²) >= 11 is 5.71. The van der Waals surface area contributed by atoms with Gasteiger partial charge in [0.05, 0.1) is 5.02 Å². The van der Waals surface area contributed by atoms with Crippen molar-refractivity contribution in [2.24, 2.45) is 0 Å². The molecule has 0 aliphatic carbocycles. The van der Waals surface area contributed by atoms with Crippen LogP contribution >= 0.6 is 11.6 Å². The molecular weight excluding hydrogens is 395 g/mol. The van der Waals surface area contributed by atoms with Gasteiger partial charge in [-0.25, -0.2) is 4.39 Å². The van der Waals surface area contributed by atoms with Crippen LogP contribution < -0.4 is 4.74 Å². The minimum absolute atomic E-state index is 0.0469. The van der Waals surface area contributed by atoms with E-state index in [0.29, 0.717) is 38.3 Å². The van der Waals surface area contributed by atoms with Gasteiger partial charge in [0.2, 0.25) is 5.91 Å². The number of ether oxygens (including phenoxy) is 1. The Morgan fingerprint density at radius 3 is 2.28 bits per heavy atom. The largest absolute Gasteiger partial charge is 0.484 e. The van der Waals surface area contributed by atoms with E-state index in [1.165, 1.54) is 23.8 Å². The fourth-order valence-corrected chi connectivity index (χ4v) is 3.43. The number of aryl methyl sites for hydroxylation is 1. The molecule has 1 fully saturated rings. The Morgan fingerprint density at radius 2 is 1.62 bits per heavy atom. The number of rotatable bonds is 7. The Kier molecular flexibility index (Phi) is 7.47. The summed E-state index contributed by atoms with van der Waals surface area (Å²) in [5.74, 6) is -0.223. The molecule has 0 saturated carbocycles. The van der Waals surface area contributed by atoms with Crippen molar-refractivity contribution in [2.75, 3.05) is 32.8 Å². The summed E-state index contributed by atoms with van der Waals surface area (Å²) in [7, 11) is 0. The molecule has 0 bridgehead atoms. The van der Waals surface area contributed by atoms with Crippen LogP contribution in [0.1, 0.15) is 18.4 Å². The van der Waals surface area contributed by atoms with Crippen LogP contribution in [-0.2, 0) is 16.0 Å². The molecule has 29 heavy (non-hydrogen) atoms. The van der Waals surface area contributed by atoms with Crippen molar-refractivity contribution >= 4 is 23.4 Å². The monoisotopic (exact) mass is 418 g/mol. The molecule has 0 spiro atoms. The molecule has 1 saturated heterocycles. The molecule has 0 atom stereocenters. The smallest absolute Gasteiger partial charge is 0.260 e. The lowest BCUT2D eigenvalue weighted by Crippen LogP contribution is -2.51. The molecule has 2 aromatic carbocycles. The SMILES string of the molecule is O=C(CCCc1ccccc1)N1CCN(C(=O)COc2ccc(F)c(Cl)c2)CC1. The van der Waals surface area contributed by atoms with E-state index in [2.05, 4.69) is 12.1 Å². The summed E-state index contributed by atoms with van der Waals surface area (Å²) in [6, 6.07) is 14.1. The highest BCUT2D eigenvalue weighted by atomic mass is 35.5. The summed E-state index contributed by atoms with van der Waals surface area (Å²) in [5.41, 5.74) is 1.23. The highest BCUT2D eigenvalue weighted by Gasteiger charge is 2.24. The van der Waals surface area contributed by atoms with E-state index in [9.17, 15) is 14.0 Å². The molecule has 1 aliphatic rings. The number of benzene rings is 2. The van der Waals surface area contributed by atoms with Crippen molar-refractivity contribution in [2.45, 2.75) is 19.3 Å². The van der Waals surface area contributed by atoms with E-state index in [1.807, 2.05) is 23.1 Å². The van der Waals surface area contributed by atoms with Crippen molar-refractivity contribution < 1.29 is 18.7 Å². The zero-order valence-corrected chi connectivity index (χ0v) is 16.9. The maximum atomic E-state index is 13.2. The molecule has 154 valence electrons. The number of piperazine rings is 1. The summed E-state index contributed by atoms with van der Waals surface area (Å²) in [4.78, 5) is 28.2. The number of amides is 2. The van der Waals surface area contributed by atoms with Crippen LogP contribution in [0.4, 0.5) is 4.39 Å². The molecule has 7 heteroatoms. The minimum atomic E-state index is -0.532. The van der Waals surface area contributed by atoms with Gasteiger partial charge in [-0.1, -0.05) is 41.9 Å². The first-order valence-corrected chi connectivity index (χ1v) is 10.1. The second kappa shape index (κ2) is 10.3. The molecule has 5 nitrogen and oxygen atoms in total. The van der Waals surface area contributed by atoms with Gasteiger partial charge in [0, 0.05) is 38.7 Å². The average Bonchev–Trinajstić information content (AvgIpc) is 2.75. The Bertz CT molecular complexity index is 839. The van der Waals surface area contributed by atoms with Crippen molar-refractivity contribution in [1.29, 1.82) is 0 Å². The van der Waals surface area contributed by atoms with Crippen LogP contribution in [0.5, 0.6) is 5.75 Å². The normalized spacial score (nSPS) is 14.0. The van der Waals surface area contributed by atoms with E-state index < -0.39 is 5.82 Å². The first kappa shape index (κ1) is 21.1. The standard InChI is InChI=1S/C22H24ClFN2O3/c23-19-15-18(9-10-20(19)24)29-16-22(28)26-13-11-25(12-14-26)21(27)8-4-7-17-5-2-1-3-6-17/h1-3,5-6,9-10,15H,4,7-8,11-14,16H2. The predicted octanol–water partition coefficient (Wildman–Crippen LogP) is 3.55. The predicted molar refractivity (Wildman–Crippen MR) is 109 cm³/mol. The number of carbonyl (C=O) groups excluding carboxylic acids is 2. The van der Waals surface area contributed by atoms with Gasteiger partial charge >= 0.3 is 0 Å². The molecule has 0 N–H and O–H groups in total. The van der Waals surface area contributed by atoms with Crippen LogP contribution in [0.3, 0.4) is 0 Å². The number of nitrogens with zero attached hydrogens (tertiary/aromatic N) is 2. The Balaban J connectivity index is 1.37. The van der Waals surface area contributed by atoms with Gasteiger partial charge < -0.3 is 14.5 Å². The van der Waals surface area contributed by atoms with Crippen LogP contribution in [0.2, 0.25) is 5.02 Å². The average molecular weight is 419 g/mol. The number of hydrogen-bond acceptors (Lipinski definition) is 3. The third-order valence-electron chi connectivity index (χ3n) is 4.94. The first-order valence-electron chi connectivity index (χ1n) is 9.70.